The fraction of sp³-hybridized carbons (Fsp3) is 0.273. The van der Waals surface area contributed by atoms with E-state index in [1.807, 2.05) is 0 Å². The molecule has 3 N–H and O–H groups in total. The summed E-state index contributed by atoms with van der Waals surface area (Å²) in [5, 5.41) is 14.6. The van der Waals surface area contributed by atoms with Gasteiger partial charge in [-0.1, -0.05) is 6.07 Å². The second kappa shape index (κ2) is 3.94. The Morgan fingerprint density at radius 2 is 1.81 bits per heavy atom. The molecule has 0 fully saturated rings. The standard InChI is InChI=1S/C11H12N2O3/c1-6(14)7-2-3-8-9(4-7)13-11(16)5-10(15)12-8/h2-4,6,14H,5H2,1H3,(H,12,15)(H,13,16). The van der Waals surface area contributed by atoms with Crippen LogP contribution in [0.1, 0.15) is 25.0 Å². The highest BCUT2D eigenvalue weighted by Gasteiger charge is 2.18. The normalized spacial score (nSPS) is 16.9. The van der Waals surface area contributed by atoms with E-state index in [0.29, 0.717) is 16.9 Å². The topological polar surface area (TPSA) is 78.4 Å². The lowest BCUT2D eigenvalue weighted by Crippen LogP contribution is -2.16. The average molecular weight is 220 g/mol. The van der Waals surface area contributed by atoms with Crippen LogP contribution in [0, 0.1) is 0 Å². The average Bonchev–Trinajstić information content (AvgIpc) is 2.32. The molecule has 0 aromatic heterocycles. The van der Waals surface area contributed by atoms with Gasteiger partial charge in [0.15, 0.2) is 0 Å². The van der Waals surface area contributed by atoms with Gasteiger partial charge in [0, 0.05) is 0 Å². The third-order valence-electron chi connectivity index (χ3n) is 2.40. The first kappa shape index (κ1) is 10.6. The number of carbonyl (C=O) groups excluding carboxylic acids is 2. The number of fused-ring (bicyclic) bond motifs is 1. The van der Waals surface area contributed by atoms with Gasteiger partial charge in [-0.3, -0.25) is 9.59 Å². The minimum Gasteiger partial charge on any atom is -0.389 e. The second-order valence-corrected chi connectivity index (χ2v) is 3.75. The van der Waals surface area contributed by atoms with Crippen LogP contribution in [0.2, 0.25) is 0 Å². The van der Waals surface area contributed by atoms with E-state index in [-0.39, 0.29) is 18.2 Å². The lowest BCUT2D eigenvalue weighted by atomic mass is 10.1. The molecule has 0 saturated heterocycles. The number of aliphatic hydroxyl groups is 1. The summed E-state index contributed by atoms with van der Waals surface area (Å²) >= 11 is 0. The predicted molar refractivity (Wildman–Crippen MR) is 59.0 cm³/mol. The van der Waals surface area contributed by atoms with E-state index in [1.165, 1.54) is 0 Å². The lowest BCUT2D eigenvalue weighted by Gasteiger charge is -2.10. The van der Waals surface area contributed by atoms with Crippen LogP contribution in [-0.4, -0.2) is 16.9 Å². The van der Waals surface area contributed by atoms with Crippen molar-refractivity contribution in [3.63, 3.8) is 0 Å². The molecule has 1 atom stereocenters. The highest BCUT2D eigenvalue weighted by atomic mass is 16.3. The summed E-state index contributed by atoms with van der Waals surface area (Å²) in [5.74, 6) is -0.681. The van der Waals surface area contributed by atoms with Crippen LogP contribution in [0.3, 0.4) is 0 Å². The van der Waals surface area contributed by atoms with Gasteiger partial charge in [-0.15, -0.1) is 0 Å². The quantitative estimate of drug-likeness (QED) is 0.618. The number of anilines is 2. The summed E-state index contributed by atoms with van der Waals surface area (Å²) in [4.78, 5) is 22.6. The van der Waals surface area contributed by atoms with E-state index in [1.54, 1.807) is 25.1 Å². The van der Waals surface area contributed by atoms with Crippen LogP contribution < -0.4 is 10.6 Å². The second-order valence-electron chi connectivity index (χ2n) is 3.75. The third-order valence-corrected chi connectivity index (χ3v) is 2.40. The van der Waals surface area contributed by atoms with Crippen LogP contribution in [0.4, 0.5) is 11.4 Å². The number of hydrogen-bond acceptors (Lipinski definition) is 3. The maximum atomic E-state index is 11.3. The highest BCUT2D eigenvalue weighted by Crippen LogP contribution is 2.28. The number of benzene rings is 1. The van der Waals surface area contributed by atoms with Gasteiger partial charge in [-0.25, -0.2) is 0 Å². The summed E-state index contributed by atoms with van der Waals surface area (Å²) in [5.41, 5.74) is 1.77. The van der Waals surface area contributed by atoms with Crippen LogP contribution in [0.5, 0.6) is 0 Å². The van der Waals surface area contributed by atoms with Gasteiger partial charge in [0.05, 0.1) is 17.5 Å². The van der Waals surface area contributed by atoms with E-state index in [2.05, 4.69) is 10.6 Å². The number of carbonyl (C=O) groups is 2. The minimum absolute atomic E-state index is 0.182. The zero-order valence-corrected chi connectivity index (χ0v) is 8.78. The number of nitrogens with one attached hydrogen (secondary N) is 2. The van der Waals surface area contributed by atoms with Crippen molar-refractivity contribution >= 4 is 23.2 Å². The molecule has 1 aliphatic rings. The van der Waals surface area contributed by atoms with Crippen LogP contribution in [0.15, 0.2) is 18.2 Å². The van der Waals surface area contributed by atoms with E-state index >= 15 is 0 Å². The van der Waals surface area contributed by atoms with E-state index < -0.39 is 6.10 Å². The Labute approximate surface area is 92.5 Å². The van der Waals surface area contributed by atoms with Gasteiger partial charge in [0.2, 0.25) is 11.8 Å². The zero-order chi connectivity index (χ0) is 11.7. The van der Waals surface area contributed by atoms with Gasteiger partial charge >= 0.3 is 0 Å². The van der Waals surface area contributed by atoms with E-state index in [9.17, 15) is 14.7 Å². The van der Waals surface area contributed by atoms with Gasteiger partial charge in [0.1, 0.15) is 6.42 Å². The van der Waals surface area contributed by atoms with Crippen molar-refractivity contribution in [2.75, 3.05) is 10.6 Å². The Morgan fingerprint density at radius 1 is 1.19 bits per heavy atom. The molecular weight excluding hydrogens is 208 g/mol. The fourth-order valence-corrected chi connectivity index (χ4v) is 1.57. The van der Waals surface area contributed by atoms with Crippen molar-refractivity contribution < 1.29 is 14.7 Å². The molecule has 1 aromatic carbocycles. The number of amides is 2. The molecule has 2 amide bonds. The summed E-state index contributed by atoms with van der Waals surface area (Å²) in [6.07, 6.45) is -0.792. The Hall–Kier alpha value is -1.88. The van der Waals surface area contributed by atoms with Crippen molar-refractivity contribution in [1.82, 2.24) is 0 Å². The molecule has 5 nitrogen and oxygen atoms in total. The van der Waals surface area contributed by atoms with Crippen molar-refractivity contribution in [1.29, 1.82) is 0 Å². The van der Waals surface area contributed by atoms with Crippen molar-refractivity contribution in [3.05, 3.63) is 23.8 Å². The molecule has 1 aliphatic heterocycles. The highest BCUT2D eigenvalue weighted by molar-refractivity contribution is 6.13. The molecule has 5 heteroatoms. The molecular formula is C11H12N2O3. The minimum atomic E-state index is -0.610. The van der Waals surface area contributed by atoms with Gasteiger partial charge in [-0.2, -0.15) is 0 Å². The Bertz CT molecular complexity index is 455. The zero-order valence-electron chi connectivity index (χ0n) is 8.78. The third kappa shape index (κ3) is 2.04. The summed E-state index contributed by atoms with van der Waals surface area (Å²) in [6, 6.07) is 5.03. The van der Waals surface area contributed by atoms with Gasteiger partial charge in [-0.05, 0) is 24.6 Å². The fourth-order valence-electron chi connectivity index (χ4n) is 1.57. The van der Waals surface area contributed by atoms with Crippen molar-refractivity contribution in [2.24, 2.45) is 0 Å². The lowest BCUT2D eigenvalue weighted by molar-refractivity contribution is -0.123. The molecule has 0 aliphatic carbocycles. The molecule has 0 radical (unpaired) electrons. The Kier molecular flexibility index (Phi) is 2.62. The molecule has 2 rings (SSSR count). The first-order valence-electron chi connectivity index (χ1n) is 4.98. The maximum absolute atomic E-state index is 11.3. The first-order valence-corrected chi connectivity index (χ1v) is 4.98. The summed E-state index contributed by atoms with van der Waals surface area (Å²) in [6.45, 7) is 1.64. The number of rotatable bonds is 1. The largest absolute Gasteiger partial charge is 0.389 e. The van der Waals surface area contributed by atoms with E-state index in [0.717, 1.165) is 0 Å². The molecule has 1 aromatic rings. The summed E-state index contributed by atoms with van der Waals surface area (Å²) in [7, 11) is 0. The predicted octanol–water partition coefficient (Wildman–Crippen LogP) is 1.02. The van der Waals surface area contributed by atoms with E-state index in [4.69, 9.17) is 0 Å². The molecule has 84 valence electrons. The molecule has 16 heavy (non-hydrogen) atoms. The maximum Gasteiger partial charge on any atom is 0.233 e. The van der Waals surface area contributed by atoms with Crippen molar-refractivity contribution in [3.8, 4) is 0 Å². The SMILES string of the molecule is CC(O)c1ccc2c(c1)NC(=O)CC(=O)N2. The molecule has 1 heterocycles. The van der Waals surface area contributed by atoms with Crippen LogP contribution >= 0.6 is 0 Å². The van der Waals surface area contributed by atoms with Crippen LogP contribution in [0.25, 0.3) is 0 Å². The monoisotopic (exact) mass is 220 g/mol. The van der Waals surface area contributed by atoms with Crippen LogP contribution in [-0.2, 0) is 9.59 Å². The number of hydrogen-bond donors (Lipinski definition) is 3. The van der Waals surface area contributed by atoms with Gasteiger partial charge < -0.3 is 15.7 Å². The Balaban J connectivity index is 2.42. The molecule has 0 spiro atoms. The molecule has 1 unspecified atom stereocenters. The van der Waals surface area contributed by atoms with Crippen molar-refractivity contribution in [2.45, 2.75) is 19.4 Å². The van der Waals surface area contributed by atoms with Gasteiger partial charge in [0.25, 0.3) is 0 Å². The Morgan fingerprint density at radius 3 is 2.44 bits per heavy atom. The summed E-state index contributed by atoms with van der Waals surface area (Å²) < 4.78 is 0. The molecule has 0 saturated carbocycles. The first-order chi connectivity index (χ1) is 7.56. The molecule has 0 bridgehead atoms. The smallest absolute Gasteiger partial charge is 0.233 e. The number of aliphatic hydroxyl groups excluding tert-OH is 1.